The molecule has 0 aliphatic rings. The van der Waals surface area contributed by atoms with E-state index in [1.54, 1.807) is 55.5 Å². The molecule has 0 amide bonds. The molecule has 0 N–H and O–H groups in total. The Labute approximate surface area is 360 Å². The van der Waals surface area contributed by atoms with Crippen molar-refractivity contribution in [3.8, 4) is 23.0 Å². The Hall–Kier alpha value is -5.91. The van der Waals surface area contributed by atoms with Gasteiger partial charge in [0.15, 0.2) is 0 Å². The van der Waals surface area contributed by atoms with Crippen LogP contribution >= 0.6 is 0 Å². The van der Waals surface area contributed by atoms with Crippen LogP contribution in [0.2, 0.25) is 0 Å². The third kappa shape index (κ3) is 20.8. The SMILES string of the molecule is C=CC(=O)OCCCCCCCCCCOc1ccc(OC(=O)c2ccc(C(=O)Oc3ccc(OCCCCCCCCCCOC(=O)C=C)cc3)c(C(=O)OCC)c2)cc1. The van der Waals surface area contributed by atoms with E-state index in [4.69, 9.17) is 33.2 Å². The fourth-order valence-corrected chi connectivity index (χ4v) is 6.14. The van der Waals surface area contributed by atoms with E-state index in [0.29, 0.717) is 37.9 Å². The maximum Gasteiger partial charge on any atom is 0.344 e. The molecule has 0 saturated heterocycles. The second-order valence-electron chi connectivity index (χ2n) is 14.3. The molecule has 0 aliphatic heterocycles. The molecule has 0 atom stereocenters. The molecule has 12 heteroatoms. The summed E-state index contributed by atoms with van der Waals surface area (Å²) < 4.78 is 38.0. The monoisotopic (exact) mass is 842 g/mol. The summed E-state index contributed by atoms with van der Waals surface area (Å²) in [6.45, 7) is 10.5. The molecular weight excluding hydrogens is 781 g/mol. The summed E-state index contributed by atoms with van der Waals surface area (Å²) in [7, 11) is 0. The van der Waals surface area contributed by atoms with E-state index in [0.717, 1.165) is 103 Å². The summed E-state index contributed by atoms with van der Waals surface area (Å²) in [6, 6.07) is 17.3. The van der Waals surface area contributed by atoms with Gasteiger partial charge in [0.05, 0.1) is 49.7 Å². The molecule has 0 fully saturated rings. The van der Waals surface area contributed by atoms with Gasteiger partial charge in [-0.2, -0.15) is 0 Å². The largest absolute Gasteiger partial charge is 0.494 e. The van der Waals surface area contributed by atoms with Crippen LogP contribution in [0.25, 0.3) is 0 Å². The van der Waals surface area contributed by atoms with Crippen LogP contribution in [0.1, 0.15) is 141 Å². The first-order chi connectivity index (χ1) is 29.7. The van der Waals surface area contributed by atoms with E-state index in [2.05, 4.69) is 13.2 Å². The minimum absolute atomic E-state index is 0.0520. The Bertz CT molecular complexity index is 1800. The van der Waals surface area contributed by atoms with Gasteiger partial charge in [-0.15, -0.1) is 0 Å². The summed E-state index contributed by atoms with van der Waals surface area (Å²) in [6.07, 6.45) is 19.2. The van der Waals surface area contributed by atoms with E-state index < -0.39 is 17.9 Å². The maximum absolute atomic E-state index is 13.2. The highest BCUT2D eigenvalue weighted by molar-refractivity contribution is 6.06. The molecule has 0 aliphatic carbocycles. The topological polar surface area (TPSA) is 150 Å². The van der Waals surface area contributed by atoms with Crippen molar-refractivity contribution in [3.05, 3.63) is 109 Å². The van der Waals surface area contributed by atoms with Crippen molar-refractivity contribution in [3.63, 3.8) is 0 Å². The molecule has 61 heavy (non-hydrogen) atoms. The van der Waals surface area contributed by atoms with Crippen LogP contribution in [-0.2, 0) is 23.8 Å². The summed E-state index contributed by atoms with van der Waals surface area (Å²) in [5, 5.41) is 0. The third-order valence-corrected chi connectivity index (χ3v) is 9.48. The molecule has 0 heterocycles. The fourth-order valence-electron chi connectivity index (χ4n) is 6.14. The predicted molar refractivity (Wildman–Crippen MR) is 232 cm³/mol. The van der Waals surface area contributed by atoms with Crippen molar-refractivity contribution < 1.29 is 57.1 Å². The minimum atomic E-state index is -0.791. The van der Waals surface area contributed by atoms with Gasteiger partial charge in [0.1, 0.15) is 23.0 Å². The summed E-state index contributed by atoms with van der Waals surface area (Å²) in [5.41, 5.74) is -0.136. The van der Waals surface area contributed by atoms with Crippen LogP contribution < -0.4 is 18.9 Å². The van der Waals surface area contributed by atoms with Crippen LogP contribution in [0, 0.1) is 0 Å². The second-order valence-corrected chi connectivity index (χ2v) is 14.3. The Morgan fingerprint density at radius 3 is 1.21 bits per heavy atom. The molecule has 330 valence electrons. The Morgan fingerprint density at radius 2 is 0.803 bits per heavy atom. The van der Waals surface area contributed by atoms with Crippen molar-refractivity contribution >= 4 is 29.8 Å². The lowest BCUT2D eigenvalue weighted by atomic mass is 10.0. The Balaban J connectivity index is 1.37. The number of hydrogen-bond donors (Lipinski definition) is 0. The van der Waals surface area contributed by atoms with E-state index >= 15 is 0 Å². The van der Waals surface area contributed by atoms with Gasteiger partial charge in [0.2, 0.25) is 0 Å². The highest BCUT2D eigenvalue weighted by atomic mass is 16.6. The zero-order valence-corrected chi connectivity index (χ0v) is 35.7. The lowest BCUT2D eigenvalue weighted by Crippen LogP contribution is -2.18. The highest BCUT2D eigenvalue weighted by Gasteiger charge is 2.23. The summed E-state index contributed by atoms with van der Waals surface area (Å²) >= 11 is 0. The molecular formula is C49H62O12. The van der Waals surface area contributed by atoms with Gasteiger partial charge in [-0.05, 0) is 99.3 Å². The molecule has 0 saturated carbocycles. The average molecular weight is 843 g/mol. The van der Waals surface area contributed by atoms with Crippen LogP contribution in [0.5, 0.6) is 23.0 Å². The van der Waals surface area contributed by atoms with Gasteiger partial charge >= 0.3 is 29.8 Å². The van der Waals surface area contributed by atoms with Gasteiger partial charge in [-0.3, -0.25) is 0 Å². The number of carbonyl (C=O) groups is 5. The first-order valence-corrected chi connectivity index (χ1v) is 21.5. The molecule has 0 aromatic heterocycles. The molecule has 3 aromatic carbocycles. The van der Waals surface area contributed by atoms with E-state index in [1.807, 2.05) is 0 Å². The molecule has 0 bridgehead atoms. The molecule has 3 aromatic rings. The number of hydrogen-bond acceptors (Lipinski definition) is 12. The second kappa shape index (κ2) is 30.2. The third-order valence-electron chi connectivity index (χ3n) is 9.48. The van der Waals surface area contributed by atoms with Gasteiger partial charge in [-0.25, -0.2) is 24.0 Å². The Kier molecular flexibility index (Phi) is 24.5. The van der Waals surface area contributed by atoms with E-state index in [9.17, 15) is 24.0 Å². The first-order valence-electron chi connectivity index (χ1n) is 21.5. The van der Waals surface area contributed by atoms with Crippen LogP contribution in [0.3, 0.4) is 0 Å². The highest BCUT2D eigenvalue weighted by Crippen LogP contribution is 2.24. The summed E-state index contributed by atoms with van der Waals surface area (Å²) in [4.78, 5) is 61.3. The van der Waals surface area contributed by atoms with Crippen LogP contribution in [0.15, 0.2) is 92.0 Å². The number of rotatable bonds is 32. The molecule has 0 spiro atoms. The van der Waals surface area contributed by atoms with Crippen LogP contribution in [0.4, 0.5) is 0 Å². The van der Waals surface area contributed by atoms with Gasteiger partial charge < -0.3 is 33.2 Å². The normalized spacial score (nSPS) is 10.6. The lowest BCUT2D eigenvalue weighted by molar-refractivity contribution is -0.138. The molecule has 12 nitrogen and oxygen atoms in total. The maximum atomic E-state index is 13.2. The van der Waals surface area contributed by atoms with Gasteiger partial charge in [-0.1, -0.05) is 90.2 Å². The predicted octanol–water partition coefficient (Wildman–Crippen LogP) is 10.8. The Morgan fingerprint density at radius 1 is 0.426 bits per heavy atom. The van der Waals surface area contributed by atoms with Crippen molar-refractivity contribution in [2.75, 3.05) is 33.0 Å². The molecule has 0 radical (unpaired) electrons. The van der Waals surface area contributed by atoms with Crippen molar-refractivity contribution in [1.29, 1.82) is 0 Å². The zero-order valence-electron chi connectivity index (χ0n) is 35.7. The molecule has 0 unspecified atom stereocenters. The van der Waals surface area contributed by atoms with Crippen molar-refractivity contribution in [1.82, 2.24) is 0 Å². The standard InChI is InChI=1S/C49H62O12/c1-4-45(50)58-35-21-17-13-9-7-11-15-19-33-56-39-24-28-41(29-25-39)60-47(52)38-23-32-43(44(37-38)48(53)55-6-3)49(54)61-42-30-26-40(27-31-42)57-34-20-16-12-8-10-14-18-22-36-59-46(51)5-2/h4-5,23-32,37H,1-2,6-22,33-36H2,3H3. The first kappa shape index (κ1) is 49.5. The number of esters is 5. The number of carbonyl (C=O) groups excluding carboxylic acids is 5. The van der Waals surface area contributed by atoms with Gasteiger partial charge in [0, 0.05) is 12.2 Å². The van der Waals surface area contributed by atoms with Crippen LogP contribution in [-0.4, -0.2) is 62.9 Å². The smallest absolute Gasteiger partial charge is 0.344 e. The minimum Gasteiger partial charge on any atom is -0.494 e. The van der Waals surface area contributed by atoms with E-state index in [1.165, 1.54) is 30.4 Å². The van der Waals surface area contributed by atoms with E-state index in [-0.39, 0.29) is 46.7 Å². The number of ether oxygens (including phenoxy) is 7. The van der Waals surface area contributed by atoms with Crippen molar-refractivity contribution in [2.24, 2.45) is 0 Å². The van der Waals surface area contributed by atoms with Gasteiger partial charge in [0.25, 0.3) is 0 Å². The number of unbranched alkanes of at least 4 members (excludes halogenated alkanes) is 14. The quantitative estimate of drug-likeness (QED) is 0.0193. The fraction of sp³-hybridized carbons (Fsp3) is 0.449. The number of benzene rings is 3. The zero-order chi connectivity index (χ0) is 43.9. The average Bonchev–Trinajstić information content (AvgIpc) is 3.27. The lowest BCUT2D eigenvalue weighted by Gasteiger charge is -2.12. The summed E-state index contributed by atoms with van der Waals surface area (Å²) in [5.74, 6) is -1.20. The van der Waals surface area contributed by atoms with Crippen molar-refractivity contribution in [2.45, 2.75) is 110 Å². The molecule has 3 rings (SSSR count).